The average Bonchev–Trinajstić information content (AvgIpc) is 3.10. The first-order chi connectivity index (χ1) is 11.7. The van der Waals surface area contributed by atoms with Crippen LogP contribution in [-0.4, -0.2) is 29.2 Å². The Hall–Kier alpha value is -1.50. The van der Waals surface area contributed by atoms with Crippen molar-refractivity contribution in [2.75, 3.05) is 13.1 Å². The van der Waals surface area contributed by atoms with Crippen LogP contribution in [0.2, 0.25) is 0 Å². The largest absolute Gasteiger partial charge is 0.350 e. The van der Waals surface area contributed by atoms with Crippen LogP contribution in [0.15, 0.2) is 30.3 Å². The van der Waals surface area contributed by atoms with Gasteiger partial charge in [-0.25, -0.2) is 0 Å². The van der Waals surface area contributed by atoms with Crippen molar-refractivity contribution in [3.05, 3.63) is 35.3 Å². The van der Waals surface area contributed by atoms with Gasteiger partial charge >= 0.3 is 0 Å². The molecule has 1 unspecified atom stereocenters. The molecule has 2 aromatic rings. The second-order valence-electron chi connectivity index (χ2n) is 6.41. The van der Waals surface area contributed by atoms with Crippen LogP contribution in [0.3, 0.4) is 0 Å². The summed E-state index contributed by atoms with van der Waals surface area (Å²) in [6, 6.07) is 9.99. The van der Waals surface area contributed by atoms with E-state index in [1.807, 2.05) is 30.3 Å². The number of aromatic nitrogens is 2. The normalized spacial score (nSPS) is 16.0. The summed E-state index contributed by atoms with van der Waals surface area (Å²) in [6.07, 6.45) is 2.94. The number of hydrogen-bond acceptors (Lipinski definition) is 5. The SMILES string of the molecule is CC(CC(=O)NCc1nnc(-c2ccccc2)s1)C1CCNCC1.Cl. The molecular weight excluding hydrogens is 356 g/mol. The molecule has 0 spiro atoms. The molecule has 1 aliphatic rings. The molecule has 1 aromatic heterocycles. The number of carbonyl (C=O) groups excluding carboxylic acids is 1. The van der Waals surface area contributed by atoms with Crippen LogP contribution in [-0.2, 0) is 11.3 Å². The molecule has 2 N–H and O–H groups in total. The standard InChI is InChI=1S/C18H24N4OS.ClH/c1-13(14-7-9-19-10-8-14)11-16(23)20-12-17-21-22-18(24-17)15-5-3-2-4-6-15;/h2-6,13-14,19H,7-12H2,1H3,(H,20,23);1H. The van der Waals surface area contributed by atoms with Crippen LogP contribution in [0, 0.1) is 11.8 Å². The predicted octanol–water partition coefficient (Wildman–Crippen LogP) is 3.27. The Kier molecular flexibility index (Phi) is 7.81. The Labute approximate surface area is 159 Å². The second kappa shape index (κ2) is 9.85. The third-order valence-electron chi connectivity index (χ3n) is 4.62. The molecule has 5 nitrogen and oxygen atoms in total. The van der Waals surface area contributed by atoms with E-state index in [9.17, 15) is 4.79 Å². The topological polar surface area (TPSA) is 66.9 Å². The number of carbonyl (C=O) groups is 1. The molecule has 1 saturated heterocycles. The molecule has 0 aliphatic carbocycles. The Morgan fingerprint density at radius 1 is 1.28 bits per heavy atom. The van der Waals surface area contributed by atoms with E-state index in [2.05, 4.69) is 27.8 Å². The van der Waals surface area contributed by atoms with Crippen LogP contribution in [0.5, 0.6) is 0 Å². The van der Waals surface area contributed by atoms with Crippen LogP contribution in [0.25, 0.3) is 10.6 Å². The molecule has 1 atom stereocenters. The van der Waals surface area contributed by atoms with Gasteiger partial charge in [-0.3, -0.25) is 4.79 Å². The first-order valence-electron chi connectivity index (χ1n) is 8.57. The van der Waals surface area contributed by atoms with Crippen molar-refractivity contribution in [2.24, 2.45) is 11.8 Å². The highest BCUT2D eigenvalue weighted by Gasteiger charge is 2.22. The highest BCUT2D eigenvalue weighted by molar-refractivity contribution is 7.14. The van der Waals surface area contributed by atoms with Crippen LogP contribution < -0.4 is 10.6 Å². The lowest BCUT2D eigenvalue weighted by Gasteiger charge is -2.27. The van der Waals surface area contributed by atoms with E-state index >= 15 is 0 Å². The van der Waals surface area contributed by atoms with Gasteiger partial charge in [0.2, 0.25) is 5.91 Å². The lowest BCUT2D eigenvalue weighted by atomic mass is 9.84. The summed E-state index contributed by atoms with van der Waals surface area (Å²) in [5.41, 5.74) is 1.06. The van der Waals surface area contributed by atoms with E-state index in [1.165, 1.54) is 24.2 Å². The van der Waals surface area contributed by atoms with Crippen molar-refractivity contribution in [2.45, 2.75) is 32.7 Å². The quantitative estimate of drug-likeness (QED) is 0.807. The molecule has 2 heterocycles. The highest BCUT2D eigenvalue weighted by Crippen LogP contribution is 2.25. The number of rotatable bonds is 6. The minimum absolute atomic E-state index is 0. The minimum atomic E-state index is 0. The van der Waals surface area contributed by atoms with Crippen LogP contribution in [0.4, 0.5) is 0 Å². The zero-order valence-corrected chi connectivity index (χ0v) is 16.0. The van der Waals surface area contributed by atoms with Gasteiger partial charge in [0.25, 0.3) is 0 Å². The Morgan fingerprint density at radius 2 is 2.00 bits per heavy atom. The van der Waals surface area contributed by atoms with Gasteiger partial charge in [-0.1, -0.05) is 48.6 Å². The molecule has 25 heavy (non-hydrogen) atoms. The molecular formula is C18H25ClN4OS. The number of hydrogen-bond donors (Lipinski definition) is 2. The van der Waals surface area contributed by atoms with Gasteiger partial charge in [-0.15, -0.1) is 22.6 Å². The summed E-state index contributed by atoms with van der Waals surface area (Å²) >= 11 is 1.53. The summed E-state index contributed by atoms with van der Waals surface area (Å²) in [5.74, 6) is 1.20. The third kappa shape index (κ3) is 5.76. The minimum Gasteiger partial charge on any atom is -0.350 e. The molecule has 1 amide bonds. The first-order valence-corrected chi connectivity index (χ1v) is 9.39. The lowest BCUT2D eigenvalue weighted by Crippen LogP contribution is -2.33. The van der Waals surface area contributed by atoms with Gasteiger partial charge in [-0.2, -0.15) is 0 Å². The second-order valence-corrected chi connectivity index (χ2v) is 7.47. The molecule has 1 fully saturated rings. The molecule has 0 radical (unpaired) electrons. The first kappa shape index (κ1) is 19.8. The van der Waals surface area contributed by atoms with E-state index < -0.39 is 0 Å². The van der Waals surface area contributed by atoms with Crippen LogP contribution in [0.1, 0.15) is 31.2 Å². The van der Waals surface area contributed by atoms with Gasteiger partial charge in [0, 0.05) is 12.0 Å². The van der Waals surface area contributed by atoms with Crippen molar-refractivity contribution >= 4 is 29.7 Å². The summed E-state index contributed by atoms with van der Waals surface area (Å²) < 4.78 is 0. The molecule has 1 aliphatic heterocycles. The van der Waals surface area contributed by atoms with Gasteiger partial charge in [-0.05, 0) is 37.8 Å². The average molecular weight is 381 g/mol. The van der Waals surface area contributed by atoms with Crippen molar-refractivity contribution in [3.8, 4) is 10.6 Å². The lowest BCUT2D eigenvalue weighted by molar-refractivity contribution is -0.122. The van der Waals surface area contributed by atoms with Crippen molar-refractivity contribution in [1.29, 1.82) is 0 Å². The van der Waals surface area contributed by atoms with Crippen molar-refractivity contribution < 1.29 is 4.79 Å². The number of halogens is 1. The highest BCUT2D eigenvalue weighted by atomic mass is 35.5. The summed E-state index contributed by atoms with van der Waals surface area (Å²) in [6.45, 7) is 4.80. The van der Waals surface area contributed by atoms with E-state index in [1.54, 1.807) is 0 Å². The monoisotopic (exact) mass is 380 g/mol. The van der Waals surface area contributed by atoms with Crippen LogP contribution >= 0.6 is 23.7 Å². The van der Waals surface area contributed by atoms with E-state index in [-0.39, 0.29) is 18.3 Å². The Morgan fingerprint density at radius 3 is 2.72 bits per heavy atom. The third-order valence-corrected chi connectivity index (χ3v) is 5.59. The number of piperidine rings is 1. The Bertz CT molecular complexity index is 658. The Balaban J connectivity index is 0.00000225. The van der Waals surface area contributed by atoms with Crippen molar-refractivity contribution in [1.82, 2.24) is 20.8 Å². The van der Waals surface area contributed by atoms with Gasteiger partial charge in [0.1, 0.15) is 10.0 Å². The number of nitrogens with one attached hydrogen (secondary N) is 2. The molecule has 0 saturated carbocycles. The zero-order valence-electron chi connectivity index (χ0n) is 14.4. The maximum atomic E-state index is 12.2. The molecule has 0 bridgehead atoms. The summed E-state index contributed by atoms with van der Waals surface area (Å²) in [4.78, 5) is 12.2. The van der Waals surface area contributed by atoms with E-state index in [4.69, 9.17) is 0 Å². The summed E-state index contributed by atoms with van der Waals surface area (Å²) in [7, 11) is 0. The number of benzene rings is 1. The van der Waals surface area contributed by atoms with Crippen molar-refractivity contribution in [3.63, 3.8) is 0 Å². The fourth-order valence-corrected chi connectivity index (χ4v) is 3.93. The van der Waals surface area contributed by atoms with Gasteiger partial charge in [0.05, 0.1) is 6.54 Å². The van der Waals surface area contributed by atoms with E-state index in [0.717, 1.165) is 28.7 Å². The smallest absolute Gasteiger partial charge is 0.220 e. The number of amides is 1. The fourth-order valence-electron chi connectivity index (χ4n) is 3.14. The summed E-state index contributed by atoms with van der Waals surface area (Å²) in [5, 5.41) is 16.5. The molecule has 1 aromatic carbocycles. The maximum absolute atomic E-state index is 12.2. The predicted molar refractivity (Wildman–Crippen MR) is 104 cm³/mol. The fraction of sp³-hybridized carbons (Fsp3) is 0.500. The number of nitrogens with zero attached hydrogens (tertiary/aromatic N) is 2. The maximum Gasteiger partial charge on any atom is 0.220 e. The van der Waals surface area contributed by atoms with E-state index in [0.29, 0.717) is 24.8 Å². The van der Waals surface area contributed by atoms with Gasteiger partial charge in [0.15, 0.2) is 0 Å². The van der Waals surface area contributed by atoms with Gasteiger partial charge < -0.3 is 10.6 Å². The molecule has 7 heteroatoms. The zero-order chi connectivity index (χ0) is 16.8. The molecule has 3 rings (SSSR count). The molecule has 136 valence electrons.